The largest absolute Gasteiger partial charge is 0.313 e. The molecule has 0 spiro atoms. The average Bonchev–Trinajstić information content (AvgIpc) is 3.22. The minimum absolute atomic E-state index is 0.562. The first-order valence-electron chi connectivity index (χ1n) is 9.29. The van der Waals surface area contributed by atoms with Gasteiger partial charge in [0.2, 0.25) is 0 Å². The van der Waals surface area contributed by atoms with Crippen LogP contribution >= 0.6 is 0 Å². The van der Waals surface area contributed by atoms with Gasteiger partial charge in [-0.05, 0) is 64.6 Å². The Kier molecular flexibility index (Phi) is 5.23. The summed E-state index contributed by atoms with van der Waals surface area (Å²) < 4.78 is 0. The van der Waals surface area contributed by atoms with E-state index >= 15 is 0 Å². The molecule has 0 aromatic rings. The molecule has 1 saturated heterocycles. The molecule has 2 aliphatic carbocycles. The Morgan fingerprint density at radius 3 is 2.48 bits per heavy atom. The fourth-order valence-electron chi connectivity index (χ4n) is 4.55. The molecule has 0 radical (unpaired) electrons. The molecule has 1 unspecified atom stereocenters. The predicted octanol–water partition coefficient (Wildman–Crippen LogP) is 2.71. The first-order chi connectivity index (χ1) is 10.2. The molecule has 2 saturated carbocycles. The standard InChI is InChI=1S/C18H35N3/c1-20(13-17-7-6-12-21(17)2)15-18(10-4-3-5-11-18)14-19-16-8-9-16/h16-17,19H,3-15H2,1-2H3. The minimum atomic E-state index is 0.562. The Morgan fingerprint density at radius 2 is 1.86 bits per heavy atom. The zero-order valence-corrected chi connectivity index (χ0v) is 14.2. The summed E-state index contributed by atoms with van der Waals surface area (Å²) in [6.45, 7) is 5.13. The van der Waals surface area contributed by atoms with Crippen molar-refractivity contribution in [3.05, 3.63) is 0 Å². The van der Waals surface area contributed by atoms with Crippen LogP contribution in [-0.2, 0) is 0 Å². The number of hydrogen-bond acceptors (Lipinski definition) is 3. The second kappa shape index (κ2) is 6.97. The molecule has 3 nitrogen and oxygen atoms in total. The lowest BCUT2D eigenvalue weighted by Crippen LogP contribution is -2.47. The molecule has 3 fully saturated rings. The van der Waals surface area contributed by atoms with E-state index in [0.29, 0.717) is 5.41 Å². The third-order valence-corrected chi connectivity index (χ3v) is 6.06. The Hall–Kier alpha value is -0.120. The highest BCUT2D eigenvalue weighted by Crippen LogP contribution is 2.37. The summed E-state index contributed by atoms with van der Waals surface area (Å²) in [5.41, 5.74) is 0.562. The van der Waals surface area contributed by atoms with Gasteiger partial charge in [-0.3, -0.25) is 0 Å². The minimum Gasteiger partial charge on any atom is -0.313 e. The van der Waals surface area contributed by atoms with Crippen molar-refractivity contribution < 1.29 is 0 Å². The van der Waals surface area contributed by atoms with Crippen molar-refractivity contribution in [3.63, 3.8) is 0 Å². The quantitative estimate of drug-likeness (QED) is 0.778. The predicted molar refractivity (Wildman–Crippen MR) is 89.7 cm³/mol. The number of hydrogen-bond donors (Lipinski definition) is 1. The molecule has 3 rings (SSSR count). The molecule has 0 aromatic heterocycles. The summed E-state index contributed by atoms with van der Waals surface area (Å²) in [6.07, 6.45) is 12.9. The molecule has 1 heterocycles. The van der Waals surface area contributed by atoms with Gasteiger partial charge in [-0.15, -0.1) is 0 Å². The van der Waals surface area contributed by atoms with Crippen molar-refractivity contribution in [1.29, 1.82) is 0 Å². The van der Waals surface area contributed by atoms with E-state index in [1.165, 1.54) is 84.0 Å². The van der Waals surface area contributed by atoms with E-state index in [4.69, 9.17) is 0 Å². The summed E-state index contributed by atoms with van der Waals surface area (Å²) in [5.74, 6) is 0. The summed E-state index contributed by atoms with van der Waals surface area (Å²) in [6, 6.07) is 1.65. The second-order valence-corrected chi connectivity index (χ2v) is 8.19. The lowest BCUT2D eigenvalue weighted by atomic mass is 9.73. The topological polar surface area (TPSA) is 18.5 Å². The van der Waals surface area contributed by atoms with Crippen LogP contribution in [0, 0.1) is 5.41 Å². The van der Waals surface area contributed by atoms with Crippen LogP contribution in [0.15, 0.2) is 0 Å². The van der Waals surface area contributed by atoms with Crippen molar-refractivity contribution in [2.45, 2.75) is 69.9 Å². The van der Waals surface area contributed by atoms with E-state index < -0.39 is 0 Å². The van der Waals surface area contributed by atoms with Gasteiger partial charge in [0, 0.05) is 31.7 Å². The van der Waals surface area contributed by atoms with E-state index in [9.17, 15) is 0 Å². The Balaban J connectivity index is 1.51. The fraction of sp³-hybridized carbons (Fsp3) is 1.00. The molecule has 1 N–H and O–H groups in total. The summed E-state index contributed by atoms with van der Waals surface area (Å²) >= 11 is 0. The monoisotopic (exact) mass is 293 g/mol. The maximum Gasteiger partial charge on any atom is 0.0220 e. The number of nitrogens with zero attached hydrogens (tertiary/aromatic N) is 2. The molecule has 1 aliphatic heterocycles. The van der Waals surface area contributed by atoms with E-state index in [2.05, 4.69) is 29.2 Å². The Labute approximate surface area is 131 Å². The molecule has 3 heteroatoms. The summed E-state index contributed by atoms with van der Waals surface area (Å²) in [5, 5.41) is 3.84. The number of likely N-dealkylation sites (N-methyl/N-ethyl adjacent to an activating group) is 2. The van der Waals surface area contributed by atoms with Gasteiger partial charge in [0.15, 0.2) is 0 Å². The smallest absolute Gasteiger partial charge is 0.0220 e. The van der Waals surface area contributed by atoms with Gasteiger partial charge >= 0.3 is 0 Å². The van der Waals surface area contributed by atoms with Crippen molar-refractivity contribution in [1.82, 2.24) is 15.1 Å². The normalized spacial score (nSPS) is 30.1. The number of rotatable bonds is 7. The number of nitrogens with one attached hydrogen (secondary N) is 1. The number of likely N-dealkylation sites (tertiary alicyclic amines) is 1. The highest BCUT2D eigenvalue weighted by Gasteiger charge is 2.35. The van der Waals surface area contributed by atoms with E-state index in [1.54, 1.807) is 0 Å². The lowest BCUT2D eigenvalue weighted by Gasteiger charge is -2.41. The SMILES string of the molecule is CN(CC1CCCN1C)CC1(CNC2CC2)CCCCC1. The van der Waals surface area contributed by atoms with Gasteiger partial charge in [-0.1, -0.05) is 19.3 Å². The van der Waals surface area contributed by atoms with Crippen LogP contribution < -0.4 is 5.32 Å². The Bertz CT molecular complexity index is 320. The van der Waals surface area contributed by atoms with Gasteiger partial charge in [0.1, 0.15) is 0 Å². The van der Waals surface area contributed by atoms with Gasteiger partial charge in [-0.2, -0.15) is 0 Å². The van der Waals surface area contributed by atoms with Crippen molar-refractivity contribution >= 4 is 0 Å². The van der Waals surface area contributed by atoms with Crippen molar-refractivity contribution in [3.8, 4) is 0 Å². The molecule has 122 valence electrons. The maximum atomic E-state index is 3.84. The molecule has 3 aliphatic rings. The molecule has 0 aromatic carbocycles. The molecule has 0 bridgehead atoms. The Morgan fingerprint density at radius 1 is 1.10 bits per heavy atom. The van der Waals surface area contributed by atoms with Crippen LogP contribution in [-0.4, -0.2) is 62.2 Å². The van der Waals surface area contributed by atoms with E-state index in [1.807, 2.05) is 0 Å². The van der Waals surface area contributed by atoms with Crippen LogP contribution in [0.5, 0.6) is 0 Å². The van der Waals surface area contributed by atoms with Gasteiger partial charge < -0.3 is 15.1 Å². The second-order valence-electron chi connectivity index (χ2n) is 8.19. The van der Waals surface area contributed by atoms with Crippen LogP contribution in [0.25, 0.3) is 0 Å². The lowest BCUT2D eigenvalue weighted by molar-refractivity contribution is 0.102. The van der Waals surface area contributed by atoms with Crippen molar-refractivity contribution in [2.75, 3.05) is 40.3 Å². The van der Waals surface area contributed by atoms with Crippen molar-refractivity contribution in [2.24, 2.45) is 5.41 Å². The fourth-order valence-corrected chi connectivity index (χ4v) is 4.55. The molecule has 1 atom stereocenters. The first-order valence-corrected chi connectivity index (χ1v) is 9.29. The van der Waals surface area contributed by atoms with Crippen LogP contribution in [0.4, 0.5) is 0 Å². The van der Waals surface area contributed by atoms with E-state index in [0.717, 1.165) is 12.1 Å². The molecular formula is C18H35N3. The first kappa shape index (κ1) is 15.8. The molecule has 21 heavy (non-hydrogen) atoms. The van der Waals surface area contributed by atoms with Crippen LogP contribution in [0.2, 0.25) is 0 Å². The highest BCUT2D eigenvalue weighted by atomic mass is 15.2. The average molecular weight is 293 g/mol. The van der Waals surface area contributed by atoms with Gasteiger partial charge in [0.05, 0.1) is 0 Å². The highest BCUT2D eigenvalue weighted by molar-refractivity contribution is 4.92. The van der Waals surface area contributed by atoms with Crippen LogP contribution in [0.3, 0.4) is 0 Å². The molecular weight excluding hydrogens is 258 g/mol. The van der Waals surface area contributed by atoms with Gasteiger partial charge in [-0.25, -0.2) is 0 Å². The maximum absolute atomic E-state index is 3.84. The zero-order valence-electron chi connectivity index (χ0n) is 14.2. The van der Waals surface area contributed by atoms with Crippen LogP contribution in [0.1, 0.15) is 57.8 Å². The summed E-state index contributed by atoms with van der Waals surface area (Å²) in [4.78, 5) is 5.21. The third kappa shape index (κ3) is 4.43. The van der Waals surface area contributed by atoms with Gasteiger partial charge in [0.25, 0.3) is 0 Å². The molecule has 0 amide bonds. The van der Waals surface area contributed by atoms with E-state index in [-0.39, 0.29) is 0 Å². The zero-order chi connectivity index (χ0) is 14.7. The third-order valence-electron chi connectivity index (χ3n) is 6.06. The summed E-state index contributed by atoms with van der Waals surface area (Å²) in [7, 11) is 4.66.